The molecule has 0 bridgehead atoms. The second-order valence-electron chi connectivity index (χ2n) is 6.25. The van der Waals surface area contributed by atoms with Crippen molar-refractivity contribution in [3.63, 3.8) is 0 Å². The van der Waals surface area contributed by atoms with Gasteiger partial charge in [0.05, 0.1) is 16.6 Å². The number of hydrogen-bond acceptors (Lipinski definition) is 6. The highest BCUT2D eigenvalue weighted by Gasteiger charge is 2.19. The Labute approximate surface area is 159 Å². The van der Waals surface area contributed by atoms with Crippen molar-refractivity contribution in [2.75, 3.05) is 19.0 Å². The fourth-order valence-corrected chi connectivity index (χ4v) is 3.63. The molecule has 140 valence electrons. The number of fused-ring (bicyclic) bond motifs is 1. The molecule has 0 unspecified atom stereocenters. The highest BCUT2D eigenvalue weighted by Crippen LogP contribution is 2.26. The molecule has 8 nitrogen and oxygen atoms in total. The number of carbonyl (C=O) groups is 2. The first kappa shape index (κ1) is 18.6. The second-order valence-corrected chi connectivity index (χ2v) is 7.25. The van der Waals surface area contributed by atoms with Gasteiger partial charge in [-0.1, -0.05) is 6.07 Å². The Bertz CT molecular complexity index is 1100. The summed E-state index contributed by atoms with van der Waals surface area (Å²) < 4.78 is 1.36. The maximum atomic E-state index is 12.5. The second kappa shape index (κ2) is 7.20. The molecular formula is C18H19N5O3S. The van der Waals surface area contributed by atoms with Gasteiger partial charge in [-0.05, 0) is 30.7 Å². The third kappa shape index (κ3) is 3.54. The number of rotatable bonds is 3. The average Bonchev–Trinajstić information content (AvgIpc) is 3.00. The third-order valence-electron chi connectivity index (χ3n) is 4.13. The van der Waals surface area contributed by atoms with Gasteiger partial charge < -0.3 is 9.47 Å². The van der Waals surface area contributed by atoms with Crippen LogP contribution in [0.3, 0.4) is 0 Å². The molecule has 0 radical (unpaired) electrons. The van der Waals surface area contributed by atoms with Crippen LogP contribution in [0.5, 0.6) is 0 Å². The van der Waals surface area contributed by atoms with Gasteiger partial charge in [-0.25, -0.2) is 4.98 Å². The molecule has 0 saturated carbocycles. The molecule has 0 aliphatic heterocycles. The van der Waals surface area contributed by atoms with Gasteiger partial charge in [0.25, 0.3) is 17.4 Å². The van der Waals surface area contributed by atoms with Gasteiger partial charge >= 0.3 is 0 Å². The monoisotopic (exact) mass is 385 g/mol. The van der Waals surface area contributed by atoms with Crippen molar-refractivity contribution in [3.8, 4) is 0 Å². The summed E-state index contributed by atoms with van der Waals surface area (Å²) in [4.78, 5) is 43.9. The van der Waals surface area contributed by atoms with Crippen LogP contribution in [0.4, 0.5) is 5.69 Å². The Kier molecular flexibility index (Phi) is 4.95. The normalized spacial score (nSPS) is 10.7. The van der Waals surface area contributed by atoms with Crippen molar-refractivity contribution in [1.29, 1.82) is 0 Å². The topological polar surface area (TPSA) is 96.3 Å². The molecular weight excluding hydrogens is 366 g/mol. The number of nitrogens with zero attached hydrogens (tertiary/aromatic N) is 3. The summed E-state index contributed by atoms with van der Waals surface area (Å²) in [6.45, 7) is 1.69. The van der Waals surface area contributed by atoms with Crippen LogP contribution in [0.1, 0.15) is 25.6 Å². The highest BCUT2D eigenvalue weighted by molar-refractivity contribution is 7.20. The van der Waals surface area contributed by atoms with Crippen molar-refractivity contribution in [1.82, 2.24) is 20.4 Å². The number of aryl methyl sites for hydroxylation is 2. The van der Waals surface area contributed by atoms with Crippen LogP contribution in [0, 0.1) is 6.92 Å². The predicted molar refractivity (Wildman–Crippen MR) is 105 cm³/mol. The lowest BCUT2D eigenvalue weighted by Crippen LogP contribution is -2.41. The SMILES string of the molecule is Cc1c(C(=O)NNC(=O)c2cccc(N(C)C)c2)sc2ncn(C)c(=O)c12. The van der Waals surface area contributed by atoms with Crippen LogP contribution in [0.25, 0.3) is 10.2 Å². The van der Waals surface area contributed by atoms with Crippen LogP contribution in [0.15, 0.2) is 35.4 Å². The zero-order chi connectivity index (χ0) is 19.7. The molecule has 0 aliphatic carbocycles. The van der Waals surface area contributed by atoms with Crippen molar-refractivity contribution in [2.24, 2.45) is 7.05 Å². The number of amides is 2. The summed E-state index contributed by atoms with van der Waals surface area (Å²) in [5.74, 6) is -0.922. The van der Waals surface area contributed by atoms with Gasteiger partial charge in [0.15, 0.2) is 0 Å². The highest BCUT2D eigenvalue weighted by atomic mass is 32.1. The smallest absolute Gasteiger partial charge is 0.280 e. The Hall–Kier alpha value is -3.20. The lowest BCUT2D eigenvalue weighted by atomic mass is 10.2. The molecule has 0 spiro atoms. The summed E-state index contributed by atoms with van der Waals surface area (Å²) in [5, 5.41) is 0.417. The fourth-order valence-electron chi connectivity index (χ4n) is 2.59. The van der Waals surface area contributed by atoms with E-state index in [1.54, 1.807) is 32.2 Å². The molecule has 27 heavy (non-hydrogen) atoms. The Morgan fingerprint density at radius 3 is 2.59 bits per heavy atom. The molecule has 3 rings (SSSR count). The van der Waals surface area contributed by atoms with E-state index in [1.165, 1.54) is 10.9 Å². The van der Waals surface area contributed by atoms with E-state index in [2.05, 4.69) is 15.8 Å². The minimum Gasteiger partial charge on any atom is -0.378 e. The lowest BCUT2D eigenvalue weighted by Gasteiger charge is -2.13. The molecule has 2 heterocycles. The quantitative estimate of drug-likeness (QED) is 0.665. The van der Waals surface area contributed by atoms with Crippen LogP contribution in [-0.2, 0) is 7.05 Å². The zero-order valence-corrected chi connectivity index (χ0v) is 16.2. The Morgan fingerprint density at radius 1 is 1.19 bits per heavy atom. The standard InChI is InChI=1S/C18H19N5O3S/c1-10-13-17(19-9-23(4)18(13)26)27-14(10)16(25)21-20-15(24)11-6-5-7-12(8-11)22(2)3/h5-9H,1-4H3,(H,20,24)(H,21,25). The molecule has 0 atom stereocenters. The largest absolute Gasteiger partial charge is 0.378 e. The van der Waals surface area contributed by atoms with E-state index >= 15 is 0 Å². The van der Waals surface area contributed by atoms with Gasteiger partial charge in [-0.3, -0.25) is 25.2 Å². The van der Waals surface area contributed by atoms with E-state index in [4.69, 9.17) is 0 Å². The van der Waals surface area contributed by atoms with E-state index in [0.717, 1.165) is 17.0 Å². The Balaban J connectivity index is 1.78. The van der Waals surface area contributed by atoms with E-state index in [9.17, 15) is 14.4 Å². The van der Waals surface area contributed by atoms with E-state index in [-0.39, 0.29) is 5.56 Å². The van der Waals surface area contributed by atoms with Crippen LogP contribution < -0.4 is 21.3 Å². The number of carbonyl (C=O) groups excluding carboxylic acids is 2. The summed E-state index contributed by atoms with van der Waals surface area (Å²) in [7, 11) is 5.36. The van der Waals surface area contributed by atoms with E-state index < -0.39 is 11.8 Å². The molecule has 2 N–H and O–H groups in total. The molecule has 0 aliphatic rings. The Morgan fingerprint density at radius 2 is 1.89 bits per heavy atom. The molecule has 9 heteroatoms. The molecule has 3 aromatic rings. The fraction of sp³-hybridized carbons (Fsp3) is 0.222. The van der Waals surface area contributed by atoms with Crippen molar-refractivity contribution in [3.05, 3.63) is 57.0 Å². The predicted octanol–water partition coefficient (Wildman–Crippen LogP) is 1.44. The third-order valence-corrected chi connectivity index (χ3v) is 5.33. The first-order valence-corrected chi connectivity index (χ1v) is 8.94. The minimum absolute atomic E-state index is 0.211. The number of nitrogens with one attached hydrogen (secondary N) is 2. The number of benzene rings is 1. The zero-order valence-electron chi connectivity index (χ0n) is 15.4. The average molecular weight is 385 g/mol. The first-order chi connectivity index (χ1) is 12.8. The maximum absolute atomic E-state index is 12.5. The van der Waals surface area contributed by atoms with Crippen molar-refractivity contribution in [2.45, 2.75) is 6.92 Å². The number of anilines is 1. The van der Waals surface area contributed by atoms with Gasteiger partial charge in [-0.15, -0.1) is 11.3 Å². The number of thiophene rings is 1. The van der Waals surface area contributed by atoms with Gasteiger partial charge in [0.1, 0.15) is 4.83 Å². The molecule has 2 amide bonds. The molecule has 2 aromatic heterocycles. The van der Waals surface area contributed by atoms with E-state index in [0.29, 0.717) is 26.2 Å². The molecule has 0 fully saturated rings. The van der Waals surface area contributed by atoms with Gasteiger partial charge in [0, 0.05) is 32.4 Å². The van der Waals surface area contributed by atoms with E-state index in [1.807, 2.05) is 25.1 Å². The minimum atomic E-state index is -0.491. The summed E-state index contributed by atoms with van der Waals surface area (Å²) in [5.41, 5.74) is 6.44. The number of hydrogen-bond donors (Lipinski definition) is 2. The van der Waals surface area contributed by atoms with Gasteiger partial charge in [0.2, 0.25) is 0 Å². The van der Waals surface area contributed by atoms with Crippen molar-refractivity contribution >= 4 is 39.1 Å². The number of aromatic nitrogens is 2. The lowest BCUT2D eigenvalue weighted by molar-refractivity contribution is 0.0848. The number of hydrazine groups is 1. The van der Waals surface area contributed by atoms with Crippen LogP contribution in [0.2, 0.25) is 0 Å². The van der Waals surface area contributed by atoms with Crippen LogP contribution >= 0.6 is 11.3 Å². The van der Waals surface area contributed by atoms with Gasteiger partial charge in [-0.2, -0.15) is 0 Å². The van der Waals surface area contributed by atoms with Crippen molar-refractivity contribution < 1.29 is 9.59 Å². The van der Waals surface area contributed by atoms with Crippen LogP contribution in [-0.4, -0.2) is 35.5 Å². The summed E-state index contributed by atoms with van der Waals surface area (Å²) >= 11 is 1.11. The molecule has 1 aromatic carbocycles. The summed E-state index contributed by atoms with van der Waals surface area (Å²) in [6, 6.07) is 7.03. The maximum Gasteiger partial charge on any atom is 0.280 e. The molecule has 0 saturated heterocycles. The summed E-state index contributed by atoms with van der Waals surface area (Å²) in [6.07, 6.45) is 1.42. The first-order valence-electron chi connectivity index (χ1n) is 8.12.